The lowest BCUT2D eigenvalue weighted by Gasteiger charge is -2.43. The van der Waals surface area contributed by atoms with Gasteiger partial charge in [0.05, 0.1) is 12.7 Å². The van der Waals surface area contributed by atoms with Gasteiger partial charge in [-0.3, -0.25) is 0 Å². The molecule has 0 aromatic heterocycles. The van der Waals surface area contributed by atoms with Gasteiger partial charge in [0.25, 0.3) is 8.32 Å². The predicted octanol–water partition coefficient (Wildman–Crippen LogP) is 4.30. The highest BCUT2D eigenvalue weighted by atomic mass is 28.4. The number of hydrogen-bond acceptors (Lipinski definition) is 3. The van der Waals surface area contributed by atoms with E-state index in [9.17, 15) is 10.2 Å². The van der Waals surface area contributed by atoms with Crippen molar-refractivity contribution in [1.82, 2.24) is 0 Å². The van der Waals surface area contributed by atoms with E-state index in [0.717, 1.165) is 11.1 Å². The molecule has 3 rings (SSSR count). The first-order valence-electron chi connectivity index (χ1n) is 11.4. The van der Waals surface area contributed by atoms with E-state index in [1.807, 2.05) is 0 Å². The summed E-state index contributed by atoms with van der Waals surface area (Å²) in [7, 11) is -2.56. The van der Waals surface area contributed by atoms with Crippen molar-refractivity contribution in [3.8, 4) is 0 Å². The molecule has 0 amide bonds. The molecule has 0 bridgehead atoms. The lowest BCUT2D eigenvalue weighted by atomic mass is 9.95. The summed E-state index contributed by atoms with van der Waals surface area (Å²) in [5.74, 6) is -0.144. The standard InChI is InChI=1S/C28H36O3Si/c1-22(30)25(20-29)19-23-15-17-24(18-16-23)21-31-32(28(2,3)4,26-11-7-5-8-12-26)27-13-9-6-10-14-27/h5-18,22,25,29-30H,19-21H2,1-4H3/t22-,25+/m0/s1. The largest absolute Gasteiger partial charge is 0.403 e. The minimum Gasteiger partial charge on any atom is -0.403 e. The lowest BCUT2D eigenvalue weighted by molar-refractivity contribution is 0.0810. The van der Waals surface area contributed by atoms with Crippen molar-refractivity contribution in [2.45, 2.75) is 51.9 Å². The molecule has 3 aromatic carbocycles. The molecule has 2 N–H and O–H groups in total. The number of aliphatic hydroxyl groups excluding tert-OH is 2. The summed E-state index contributed by atoms with van der Waals surface area (Å²) in [6, 6.07) is 29.7. The van der Waals surface area contributed by atoms with Crippen LogP contribution in [0.2, 0.25) is 5.04 Å². The van der Waals surface area contributed by atoms with Crippen LogP contribution in [-0.2, 0) is 17.5 Å². The van der Waals surface area contributed by atoms with Gasteiger partial charge in [-0.25, -0.2) is 0 Å². The Morgan fingerprint density at radius 2 is 1.25 bits per heavy atom. The third-order valence-corrected chi connectivity index (χ3v) is 11.3. The Balaban J connectivity index is 1.90. The summed E-state index contributed by atoms with van der Waals surface area (Å²) < 4.78 is 6.99. The Labute approximate surface area is 193 Å². The summed E-state index contributed by atoms with van der Waals surface area (Å²) in [5.41, 5.74) is 2.23. The molecule has 3 aromatic rings. The number of hydrogen-bond donors (Lipinski definition) is 2. The van der Waals surface area contributed by atoms with E-state index in [-0.39, 0.29) is 17.6 Å². The summed E-state index contributed by atoms with van der Waals surface area (Å²) in [6.07, 6.45) is 0.127. The topological polar surface area (TPSA) is 49.7 Å². The Hall–Kier alpha value is -2.24. The molecular formula is C28H36O3Si. The Bertz CT molecular complexity index is 908. The number of rotatable bonds is 9. The summed E-state index contributed by atoms with van der Waals surface area (Å²) in [5, 5.41) is 21.8. The van der Waals surface area contributed by atoms with Crippen LogP contribution >= 0.6 is 0 Å². The highest BCUT2D eigenvalue weighted by Crippen LogP contribution is 2.37. The minimum atomic E-state index is -2.56. The van der Waals surface area contributed by atoms with E-state index in [1.54, 1.807) is 6.92 Å². The molecule has 0 fully saturated rings. The Kier molecular flexibility index (Phi) is 8.07. The molecule has 2 atom stereocenters. The van der Waals surface area contributed by atoms with Crippen LogP contribution in [0.5, 0.6) is 0 Å². The van der Waals surface area contributed by atoms with Gasteiger partial charge >= 0.3 is 0 Å². The van der Waals surface area contributed by atoms with E-state index in [1.165, 1.54) is 10.4 Å². The fraction of sp³-hybridized carbons (Fsp3) is 0.357. The van der Waals surface area contributed by atoms with Gasteiger partial charge in [-0.1, -0.05) is 106 Å². The molecule has 32 heavy (non-hydrogen) atoms. The van der Waals surface area contributed by atoms with Crippen LogP contribution in [0, 0.1) is 5.92 Å². The van der Waals surface area contributed by atoms with Crippen LogP contribution in [0.25, 0.3) is 0 Å². The first-order valence-corrected chi connectivity index (χ1v) is 13.3. The van der Waals surface area contributed by atoms with E-state index < -0.39 is 14.4 Å². The van der Waals surface area contributed by atoms with Crippen molar-refractivity contribution in [3.05, 3.63) is 96.1 Å². The second-order valence-corrected chi connectivity index (χ2v) is 14.0. The second-order valence-electron chi connectivity index (χ2n) is 9.66. The van der Waals surface area contributed by atoms with Crippen molar-refractivity contribution in [2.75, 3.05) is 6.61 Å². The van der Waals surface area contributed by atoms with Crippen LogP contribution in [0.15, 0.2) is 84.9 Å². The van der Waals surface area contributed by atoms with E-state index >= 15 is 0 Å². The van der Waals surface area contributed by atoms with E-state index in [2.05, 4.69) is 106 Å². The zero-order valence-corrected chi connectivity index (χ0v) is 20.7. The second kappa shape index (κ2) is 10.6. The SMILES string of the molecule is C[C@H](O)[C@@H](CO)Cc1ccc(CO[Si](c2ccccc2)(c2ccccc2)C(C)(C)C)cc1. The summed E-state index contributed by atoms with van der Waals surface area (Å²) in [4.78, 5) is 0. The first-order chi connectivity index (χ1) is 15.3. The predicted molar refractivity (Wildman–Crippen MR) is 135 cm³/mol. The minimum absolute atomic E-state index is 0.0175. The van der Waals surface area contributed by atoms with E-state index in [0.29, 0.717) is 13.0 Å². The van der Waals surface area contributed by atoms with Gasteiger partial charge in [-0.2, -0.15) is 0 Å². The van der Waals surface area contributed by atoms with Crippen molar-refractivity contribution in [2.24, 2.45) is 5.92 Å². The van der Waals surface area contributed by atoms with Gasteiger partial charge < -0.3 is 14.6 Å². The molecule has 0 aliphatic carbocycles. The summed E-state index contributed by atoms with van der Waals surface area (Å²) in [6.45, 7) is 9.10. The third-order valence-electron chi connectivity index (χ3n) is 6.31. The highest BCUT2D eigenvalue weighted by Gasteiger charge is 2.50. The maximum Gasteiger partial charge on any atom is 0.261 e. The average molecular weight is 449 g/mol. The molecule has 0 aliphatic rings. The highest BCUT2D eigenvalue weighted by molar-refractivity contribution is 6.99. The molecule has 0 aliphatic heterocycles. The van der Waals surface area contributed by atoms with Crippen molar-refractivity contribution in [3.63, 3.8) is 0 Å². The van der Waals surface area contributed by atoms with Gasteiger partial charge in [0.1, 0.15) is 0 Å². The zero-order valence-electron chi connectivity index (χ0n) is 19.7. The smallest absolute Gasteiger partial charge is 0.261 e. The Morgan fingerprint density at radius 3 is 1.66 bits per heavy atom. The number of benzene rings is 3. The first kappa shape index (κ1) is 24.4. The molecular weight excluding hydrogens is 412 g/mol. The molecule has 0 saturated heterocycles. The molecule has 3 nitrogen and oxygen atoms in total. The summed E-state index contributed by atoms with van der Waals surface area (Å²) >= 11 is 0. The normalized spacial score (nSPS) is 14.2. The quantitative estimate of drug-likeness (QED) is 0.480. The maximum absolute atomic E-state index is 9.82. The fourth-order valence-corrected chi connectivity index (χ4v) is 8.95. The van der Waals surface area contributed by atoms with Gasteiger partial charge in [0.15, 0.2) is 0 Å². The van der Waals surface area contributed by atoms with Crippen molar-refractivity contribution >= 4 is 18.7 Å². The van der Waals surface area contributed by atoms with Crippen LogP contribution < -0.4 is 10.4 Å². The molecule has 0 heterocycles. The third kappa shape index (κ3) is 5.38. The average Bonchev–Trinajstić information content (AvgIpc) is 2.79. The fourth-order valence-electron chi connectivity index (χ4n) is 4.42. The molecule has 0 unspecified atom stereocenters. The molecule has 0 spiro atoms. The van der Waals surface area contributed by atoms with Crippen LogP contribution in [0.3, 0.4) is 0 Å². The van der Waals surface area contributed by atoms with Gasteiger partial charge in [0.2, 0.25) is 0 Å². The van der Waals surface area contributed by atoms with E-state index in [4.69, 9.17) is 4.43 Å². The van der Waals surface area contributed by atoms with Crippen molar-refractivity contribution < 1.29 is 14.6 Å². The molecule has 0 radical (unpaired) electrons. The molecule has 170 valence electrons. The molecule has 0 saturated carbocycles. The maximum atomic E-state index is 9.82. The van der Waals surface area contributed by atoms with Gasteiger partial charge in [-0.15, -0.1) is 0 Å². The van der Waals surface area contributed by atoms with Crippen molar-refractivity contribution in [1.29, 1.82) is 0 Å². The lowest BCUT2D eigenvalue weighted by Crippen LogP contribution is -2.66. The van der Waals surface area contributed by atoms with Gasteiger partial charge in [0, 0.05) is 12.5 Å². The van der Waals surface area contributed by atoms with Gasteiger partial charge in [-0.05, 0) is 39.9 Å². The molecule has 4 heteroatoms. The number of aliphatic hydroxyl groups is 2. The van der Waals surface area contributed by atoms with Crippen LogP contribution in [0.1, 0.15) is 38.8 Å². The zero-order chi connectivity index (χ0) is 23.2. The van der Waals surface area contributed by atoms with Crippen LogP contribution in [-0.4, -0.2) is 31.2 Å². The monoisotopic (exact) mass is 448 g/mol. The van der Waals surface area contributed by atoms with Crippen LogP contribution in [0.4, 0.5) is 0 Å². The Morgan fingerprint density at radius 1 is 0.781 bits per heavy atom.